The van der Waals surface area contributed by atoms with Crippen molar-refractivity contribution in [3.05, 3.63) is 0 Å². The number of hydrogen-bond donors (Lipinski definition) is 0. The topological polar surface area (TPSA) is 40.2 Å². The van der Waals surface area contributed by atoms with Gasteiger partial charge in [0.2, 0.25) is 0 Å². The second-order valence-corrected chi connectivity index (χ2v) is 4.32. The minimum absolute atomic E-state index is 0.525. The first-order valence-electron chi connectivity index (χ1n) is 6.29. The molecule has 0 aromatic rings. The minimum atomic E-state index is 0.525. The van der Waals surface area contributed by atoms with E-state index in [1.165, 1.54) is 0 Å². The zero-order valence-electron chi connectivity index (χ0n) is 11.5. The monoisotopic (exact) mass is 283 g/mol. The Morgan fingerprint density at radius 1 is 0.667 bits per heavy atom. The summed E-state index contributed by atoms with van der Waals surface area (Å²) in [7, 11) is 4.04. The number of ether oxygens (including phenoxy) is 4. The fourth-order valence-electron chi connectivity index (χ4n) is 1.06. The Morgan fingerprint density at radius 2 is 1.06 bits per heavy atom. The minimum Gasteiger partial charge on any atom is -0.378 e. The Labute approximate surface area is 115 Å². The van der Waals surface area contributed by atoms with E-state index < -0.39 is 0 Å². The fourth-order valence-corrected chi connectivity index (χ4v) is 1.17. The first-order valence-corrected chi connectivity index (χ1v) is 6.82. The maximum absolute atomic E-state index is 5.45. The lowest BCUT2D eigenvalue weighted by molar-refractivity contribution is -0.00150. The van der Waals surface area contributed by atoms with Gasteiger partial charge in [0.25, 0.3) is 0 Å². The maximum Gasteiger partial charge on any atom is 0.0701 e. The molecule has 0 atom stereocenters. The van der Waals surface area contributed by atoms with E-state index in [2.05, 4.69) is 4.90 Å². The number of likely N-dealkylation sites (N-methyl/N-ethyl adjacent to an activating group) is 1. The SMILES string of the molecule is CN(C)CCOCCOCCOCCOCCCl. The lowest BCUT2D eigenvalue weighted by atomic mass is 10.6. The predicted octanol–water partition coefficient (Wildman–Crippen LogP) is 0.853. The molecule has 6 heteroatoms. The van der Waals surface area contributed by atoms with Crippen molar-refractivity contribution >= 4 is 11.6 Å². The van der Waals surface area contributed by atoms with E-state index in [-0.39, 0.29) is 0 Å². The number of nitrogens with zero attached hydrogens (tertiary/aromatic N) is 1. The van der Waals surface area contributed by atoms with Gasteiger partial charge in [-0.2, -0.15) is 0 Å². The largest absolute Gasteiger partial charge is 0.378 e. The molecule has 0 saturated carbocycles. The third kappa shape index (κ3) is 16.1. The summed E-state index contributed by atoms with van der Waals surface area (Å²) in [4.78, 5) is 2.08. The molecule has 0 spiro atoms. The van der Waals surface area contributed by atoms with Crippen molar-refractivity contribution in [1.29, 1.82) is 0 Å². The van der Waals surface area contributed by atoms with Crippen LogP contribution in [-0.4, -0.2) is 84.3 Å². The average molecular weight is 284 g/mol. The van der Waals surface area contributed by atoms with Crippen LogP contribution in [0.5, 0.6) is 0 Å². The molecule has 0 radical (unpaired) electrons. The van der Waals surface area contributed by atoms with Crippen LogP contribution in [0.2, 0.25) is 0 Å². The summed E-state index contributed by atoms with van der Waals surface area (Å²) in [6.07, 6.45) is 0. The van der Waals surface area contributed by atoms with E-state index in [0.29, 0.717) is 52.1 Å². The van der Waals surface area contributed by atoms with E-state index in [0.717, 1.165) is 13.2 Å². The molecule has 18 heavy (non-hydrogen) atoms. The zero-order valence-corrected chi connectivity index (χ0v) is 12.3. The van der Waals surface area contributed by atoms with Crippen molar-refractivity contribution in [1.82, 2.24) is 4.90 Å². The van der Waals surface area contributed by atoms with Gasteiger partial charge in [-0.15, -0.1) is 11.6 Å². The van der Waals surface area contributed by atoms with Crippen molar-refractivity contribution < 1.29 is 18.9 Å². The second kappa shape index (κ2) is 15.1. The van der Waals surface area contributed by atoms with Crippen molar-refractivity contribution in [2.75, 3.05) is 79.4 Å². The van der Waals surface area contributed by atoms with Crippen molar-refractivity contribution in [3.8, 4) is 0 Å². The molecule has 0 amide bonds. The molecule has 0 aliphatic carbocycles. The summed E-state index contributed by atoms with van der Waals surface area (Å²) in [5.41, 5.74) is 0. The van der Waals surface area contributed by atoms with Crippen molar-refractivity contribution in [3.63, 3.8) is 0 Å². The van der Waals surface area contributed by atoms with E-state index >= 15 is 0 Å². The van der Waals surface area contributed by atoms with Gasteiger partial charge in [0.05, 0.1) is 52.9 Å². The zero-order chi connectivity index (χ0) is 13.5. The Hall–Kier alpha value is 0.0900. The summed E-state index contributed by atoms with van der Waals surface area (Å²) in [5.74, 6) is 0.525. The van der Waals surface area contributed by atoms with Gasteiger partial charge in [-0.3, -0.25) is 0 Å². The molecular weight excluding hydrogens is 258 g/mol. The molecule has 0 aliphatic heterocycles. The Balaban J connectivity index is 2.90. The molecule has 0 aliphatic rings. The lowest BCUT2D eigenvalue weighted by Crippen LogP contribution is -2.19. The summed E-state index contributed by atoms with van der Waals surface area (Å²) < 4.78 is 21.2. The highest BCUT2D eigenvalue weighted by Gasteiger charge is 1.93. The highest BCUT2D eigenvalue weighted by atomic mass is 35.5. The van der Waals surface area contributed by atoms with Crippen LogP contribution in [0.1, 0.15) is 0 Å². The molecule has 5 nitrogen and oxygen atoms in total. The summed E-state index contributed by atoms with van der Waals surface area (Å²) in [5, 5.41) is 0. The smallest absolute Gasteiger partial charge is 0.0701 e. The van der Waals surface area contributed by atoms with Gasteiger partial charge in [0.1, 0.15) is 0 Å². The van der Waals surface area contributed by atoms with Crippen LogP contribution >= 0.6 is 11.6 Å². The van der Waals surface area contributed by atoms with Gasteiger partial charge >= 0.3 is 0 Å². The van der Waals surface area contributed by atoms with Crippen LogP contribution in [0.25, 0.3) is 0 Å². The Bertz CT molecular complexity index is 161. The number of alkyl halides is 1. The molecule has 0 rings (SSSR count). The van der Waals surface area contributed by atoms with E-state index in [9.17, 15) is 0 Å². The summed E-state index contributed by atoms with van der Waals surface area (Å²) in [6.45, 7) is 5.84. The van der Waals surface area contributed by atoms with Crippen LogP contribution in [0.3, 0.4) is 0 Å². The van der Waals surface area contributed by atoms with Crippen LogP contribution in [-0.2, 0) is 18.9 Å². The Kier molecular flexibility index (Phi) is 15.2. The number of rotatable bonds is 14. The van der Waals surface area contributed by atoms with Gasteiger partial charge in [0, 0.05) is 12.4 Å². The average Bonchev–Trinajstić information content (AvgIpc) is 2.34. The van der Waals surface area contributed by atoms with E-state index in [1.807, 2.05) is 14.1 Å². The van der Waals surface area contributed by atoms with Gasteiger partial charge in [-0.1, -0.05) is 0 Å². The standard InChI is InChI=1S/C12H26ClNO4/c1-14(2)4-6-16-8-10-18-12-11-17-9-7-15-5-3-13/h3-12H2,1-2H3. The molecule has 0 saturated heterocycles. The molecule has 0 heterocycles. The molecule has 0 aromatic heterocycles. The molecule has 0 fully saturated rings. The summed E-state index contributed by atoms with van der Waals surface area (Å²) >= 11 is 5.45. The Morgan fingerprint density at radius 3 is 1.44 bits per heavy atom. The molecule has 0 aromatic carbocycles. The van der Waals surface area contributed by atoms with E-state index in [4.69, 9.17) is 30.5 Å². The highest BCUT2D eigenvalue weighted by molar-refractivity contribution is 6.17. The molecule has 0 bridgehead atoms. The lowest BCUT2D eigenvalue weighted by Gasteiger charge is -2.10. The fraction of sp³-hybridized carbons (Fsp3) is 1.00. The van der Waals surface area contributed by atoms with Gasteiger partial charge in [0.15, 0.2) is 0 Å². The maximum atomic E-state index is 5.45. The third-order valence-electron chi connectivity index (χ3n) is 2.02. The molecule has 110 valence electrons. The predicted molar refractivity (Wildman–Crippen MR) is 72.6 cm³/mol. The number of hydrogen-bond acceptors (Lipinski definition) is 5. The number of halogens is 1. The van der Waals surface area contributed by atoms with Crippen LogP contribution in [0, 0.1) is 0 Å². The van der Waals surface area contributed by atoms with Gasteiger partial charge in [-0.05, 0) is 14.1 Å². The normalized spacial score (nSPS) is 11.3. The molecule has 0 N–H and O–H groups in total. The van der Waals surface area contributed by atoms with Crippen LogP contribution < -0.4 is 0 Å². The van der Waals surface area contributed by atoms with Crippen molar-refractivity contribution in [2.24, 2.45) is 0 Å². The van der Waals surface area contributed by atoms with Crippen LogP contribution in [0.15, 0.2) is 0 Å². The first kappa shape index (κ1) is 18.1. The second-order valence-electron chi connectivity index (χ2n) is 3.94. The molecule has 0 unspecified atom stereocenters. The van der Waals surface area contributed by atoms with E-state index in [1.54, 1.807) is 0 Å². The van der Waals surface area contributed by atoms with Crippen molar-refractivity contribution in [2.45, 2.75) is 0 Å². The van der Waals surface area contributed by atoms with Gasteiger partial charge < -0.3 is 23.8 Å². The summed E-state index contributed by atoms with van der Waals surface area (Å²) in [6, 6.07) is 0. The highest BCUT2D eigenvalue weighted by Crippen LogP contribution is 1.84. The van der Waals surface area contributed by atoms with Gasteiger partial charge in [-0.25, -0.2) is 0 Å². The third-order valence-corrected chi connectivity index (χ3v) is 2.17. The van der Waals surface area contributed by atoms with Crippen LogP contribution in [0.4, 0.5) is 0 Å². The quantitative estimate of drug-likeness (QED) is 0.349. The molecular formula is C12H26ClNO4. The first-order chi connectivity index (χ1) is 8.77.